The van der Waals surface area contributed by atoms with Crippen molar-refractivity contribution in [2.24, 2.45) is 0 Å². The second-order valence-electron chi connectivity index (χ2n) is 5.39. The molecule has 0 fully saturated rings. The summed E-state index contributed by atoms with van der Waals surface area (Å²) in [4.78, 5) is 12.0. The lowest BCUT2D eigenvalue weighted by Gasteiger charge is -2.10. The van der Waals surface area contributed by atoms with E-state index in [1.54, 1.807) is 37.5 Å². The molecule has 0 aliphatic heterocycles. The van der Waals surface area contributed by atoms with E-state index in [0.717, 1.165) is 17.2 Å². The fourth-order valence-corrected chi connectivity index (χ4v) is 2.09. The van der Waals surface area contributed by atoms with Crippen LogP contribution in [-0.2, 0) is 9.53 Å². The minimum Gasteiger partial charge on any atom is -0.491 e. The molecule has 2 N–H and O–H groups in total. The predicted molar refractivity (Wildman–Crippen MR) is 103 cm³/mol. The summed E-state index contributed by atoms with van der Waals surface area (Å²) in [5.74, 6) is 1.36. The van der Waals surface area contributed by atoms with Crippen molar-refractivity contribution in [3.8, 4) is 11.5 Å². The number of methoxy groups -OCH3 is 1. The Balaban J connectivity index is 1.75. The lowest BCUT2D eigenvalue weighted by molar-refractivity contribution is -0.114. The quantitative estimate of drug-likeness (QED) is 0.477. The van der Waals surface area contributed by atoms with Gasteiger partial charge in [-0.15, -0.1) is 0 Å². The van der Waals surface area contributed by atoms with Crippen molar-refractivity contribution in [1.29, 1.82) is 0 Å². The molecule has 0 atom stereocenters. The van der Waals surface area contributed by atoms with E-state index < -0.39 is 0 Å². The van der Waals surface area contributed by atoms with Crippen molar-refractivity contribution in [2.45, 2.75) is 0 Å². The number of nitrogens with one attached hydrogen (secondary N) is 2. The Bertz CT molecular complexity index is 684. The highest BCUT2D eigenvalue weighted by molar-refractivity contribution is 5.93. The molecule has 0 aliphatic rings. The molecule has 0 aliphatic carbocycles. The van der Waals surface area contributed by atoms with E-state index in [9.17, 15) is 4.79 Å². The molecular weight excluding hydrogens is 332 g/mol. The molecule has 0 unspecified atom stereocenters. The fourth-order valence-electron chi connectivity index (χ4n) is 2.09. The zero-order chi connectivity index (χ0) is 18.6. The monoisotopic (exact) mass is 356 g/mol. The molecule has 0 aromatic heterocycles. The van der Waals surface area contributed by atoms with E-state index in [1.165, 1.54) is 0 Å². The second-order valence-corrected chi connectivity index (χ2v) is 5.39. The molecule has 26 heavy (non-hydrogen) atoms. The zero-order valence-corrected chi connectivity index (χ0v) is 14.9. The molecule has 2 rings (SSSR count). The summed E-state index contributed by atoms with van der Waals surface area (Å²) in [6.07, 6.45) is 1.69. The van der Waals surface area contributed by atoms with Gasteiger partial charge in [0.05, 0.1) is 13.2 Å². The summed E-state index contributed by atoms with van der Waals surface area (Å²) >= 11 is 0. The third-order valence-corrected chi connectivity index (χ3v) is 3.37. The van der Waals surface area contributed by atoms with Crippen LogP contribution in [0, 0.1) is 0 Å². The van der Waals surface area contributed by atoms with Gasteiger partial charge in [-0.3, -0.25) is 4.79 Å². The Hall–Kier alpha value is -2.99. The Labute approximate surface area is 153 Å². The van der Waals surface area contributed by atoms with E-state index in [-0.39, 0.29) is 12.5 Å². The largest absolute Gasteiger partial charge is 0.491 e. The van der Waals surface area contributed by atoms with Crippen LogP contribution in [0.25, 0.3) is 0 Å². The van der Waals surface area contributed by atoms with Gasteiger partial charge in [0.2, 0.25) is 5.91 Å². The van der Waals surface area contributed by atoms with Crippen molar-refractivity contribution >= 4 is 17.3 Å². The van der Waals surface area contributed by atoms with Crippen molar-refractivity contribution in [3.63, 3.8) is 0 Å². The Morgan fingerprint density at radius 3 is 2.19 bits per heavy atom. The molecule has 0 radical (unpaired) electrons. The minimum absolute atomic E-state index is 0.134. The number of rotatable bonds is 11. The van der Waals surface area contributed by atoms with Crippen LogP contribution in [0.1, 0.15) is 0 Å². The Morgan fingerprint density at radius 1 is 0.962 bits per heavy atom. The van der Waals surface area contributed by atoms with E-state index in [4.69, 9.17) is 14.2 Å². The molecule has 0 saturated carbocycles. The first-order chi connectivity index (χ1) is 12.7. The third kappa shape index (κ3) is 6.86. The second kappa shape index (κ2) is 10.8. The summed E-state index contributed by atoms with van der Waals surface area (Å²) in [7, 11) is 1.63. The highest BCUT2D eigenvalue weighted by Gasteiger charge is 2.03. The minimum atomic E-state index is -0.134. The average molecular weight is 356 g/mol. The molecule has 0 heterocycles. The number of carbonyl (C=O) groups excluding carboxylic acids is 1. The molecule has 6 heteroatoms. The molecule has 2 aromatic carbocycles. The van der Waals surface area contributed by atoms with Gasteiger partial charge in [0.25, 0.3) is 0 Å². The zero-order valence-electron chi connectivity index (χ0n) is 14.9. The van der Waals surface area contributed by atoms with Crippen LogP contribution in [0.2, 0.25) is 0 Å². The van der Waals surface area contributed by atoms with Crippen molar-refractivity contribution in [3.05, 3.63) is 61.2 Å². The van der Waals surface area contributed by atoms with Gasteiger partial charge in [0.1, 0.15) is 24.7 Å². The highest BCUT2D eigenvalue weighted by Crippen LogP contribution is 2.17. The summed E-state index contributed by atoms with van der Waals surface area (Å²) in [5, 5.41) is 5.90. The molecule has 138 valence electrons. The number of ether oxygens (including phenoxy) is 3. The summed E-state index contributed by atoms with van der Waals surface area (Å²) in [6, 6.07) is 14.6. The highest BCUT2D eigenvalue weighted by atomic mass is 16.5. The third-order valence-electron chi connectivity index (χ3n) is 3.37. The Kier molecular flexibility index (Phi) is 8.02. The number of carbonyl (C=O) groups is 1. The normalized spacial score (nSPS) is 10.0. The van der Waals surface area contributed by atoms with Crippen molar-refractivity contribution in [2.75, 3.05) is 44.1 Å². The first-order valence-electron chi connectivity index (χ1n) is 8.30. The van der Waals surface area contributed by atoms with Crippen LogP contribution in [0.5, 0.6) is 11.5 Å². The summed E-state index contributed by atoms with van der Waals surface area (Å²) < 4.78 is 15.8. The van der Waals surface area contributed by atoms with Crippen LogP contribution in [0.15, 0.2) is 61.2 Å². The van der Waals surface area contributed by atoms with Gasteiger partial charge in [-0.05, 0) is 48.5 Å². The number of benzene rings is 2. The molecule has 6 nitrogen and oxygen atoms in total. The fraction of sp³-hybridized carbons (Fsp3) is 0.250. The molecule has 0 bridgehead atoms. The smallest absolute Gasteiger partial charge is 0.243 e. The van der Waals surface area contributed by atoms with Crippen LogP contribution in [0.4, 0.5) is 11.4 Å². The summed E-state index contributed by atoms with van der Waals surface area (Å²) in [6.45, 7) is 5.26. The maximum atomic E-state index is 12.0. The van der Waals surface area contributed by atoms with Gasteiger partial charge in [-0.2, -0.15) is 0 Å². The summed E-state index contributed by atoms with van der Waals surface area (Å²) in [5.41, 5.74) is 1.55. The van der Waals surface area contributed by atoms with Crippen molar-refractivity contribution < 1.29 is 19.0 Å². The number of hydrogen-bond acceptors (Lipinski definition) is 5. The predicted octanol–water partition coefficient (Wildman–Crippen LogP) is 3.33. The van der Waals surface area contributed by atoms with Crippen LogP contribution >= 0.6 is 0 Å². The maximum absolute atomic E-state index is 12.0. The molecular formula is C20H24N2O4. The van der Waals surface area contributed by atoms with Crippen LogP contribution < -0.4 is 20.1 Å². The van der Waals surface area contributed by atoms with E-state index >= 15 is 0 Å². The lowest BCUT2D eigenvalue weighted by Crippen LogP contribution is -2.21. The number of anilines is 2. The van der Waals surface area contributed by atoms with Gasteiger partial charge in [0.15, 0.2) is 0 Å². The van der Waals surface area contributed by atoms with Gasteiger partial charge in [0, 0.05) is 18.5 Å². The van der Waals surface area contributed by atoms with E-state index in [1.807, 2.05) is 24.3 Å². The van der Waals surface area contributed by atoms with Crippen LogP contribution in [-0.4, -0.2) is 39.4 Å². The van der Waals surface area contributed by atoms with Gasteiger partial charge in [-0.25, -0.2) is 0 Å². The first kappa shape index (κ1) is 19.3. The van der Waals surface area contributed by atoms with Gasteiger partial charge >= 0.3 is 0 Å². The molecule has 2 aromatic rings. The molecule has 0 spiro atoms. The first-order valence-corrected chi connectivity index (χ1v) is 8.30. The standard InChI is InChI=1S/C20H24N2O4/c1-3-12-25-18-8-4-16(5-9-18)21-15-20(23)22-17-6-10-19(11-7-17)26-14-13-24-2/h3-11,21H,1,12-15H2,2H3,(H,22,23). The topological polar surface area (TPSA) is 68.8 Å². The molecule has 0 saturated heterocycles. The van der Waals surface area contributed by atoms with Crippen LogP contribution in [0.3, 0.4) is 0 Å². The van der Waals surface area contributed by atoms with Gasteiger partial charge < -0.3 is 24.8 Å². The maximum Gasteiger partial charge on any atom is 0.243 e. The Morgan fingerprint density at radius 2 is 1.58 bits per heavy atom. The van der Waals surface area contributed by atoms with Crippen molar-refractivity contribution in [1.82, 2.24) is 0 Å². The SMILES string of the molecule is C=CCOc1ccc(NCC(=O)Nc2ccc(OCCOC)cc2)cc1. The molecule has 1 amide bonds. The average Bonchev–Trinajstić information content (AvgIpc) is 2.67. The lowest BCUT2D eigenvalue weighted by atomic mass is 10.3. The van der Waals surface area contributed by atoms with Gasteiger partial charge in [-0.1, -0.05) is 12.7 Å². The van der Waals surface area contributed by atoms with E-state index in [0.29, 0.717) is 25.5 Å². The van der Waals surface area contributed by atoms with E-state index in [2.05, 4.69) is 17.2 Å². The number of amides is 1. The number of hydrogen-bond donors (Lipinski definition) is 2.